The predicted octanol–water partition coefficient (Wildman–Crippen LogP) is 6.87. The maximum atomic E-state index is 13.0. The Labute approximate surface area is 376 Å². The minimum absolute atomic E-state index is 0.0508. The highest BCUT2D eigenvalue weighted by atomic mass is 79.9. The van der Waals surface area contributed by atoms with Crippen LogP contribution in [0.25, 0.3) is 0 Å². The molecule has 0 aliphatic heterocycles. The van der Waals surface area contributed by atoms with E-state index in [1.807, 2.05) is 53.7 Å². The SMILES string of the molecule is CC(C)(C)OC(=O)N[C@H](CNS(=O)(=O)N(CCCBr)C(=O)OCc1ccccc1)C(C)(C)C.CC(C)(C)OC(=O)N[C@H](CNS(=O)(=O)NC(=O)OCc1ccccc1)C(C)(C)C. The molecule has 18 nitrogen and oxygen atoms in total. The zero-order chi connectivity index (χ0) is 47.6. The number of rotatable bonds is 17. The molecule has 0 radical (unpaired) electrons. The summed E-state index contributed by atoms with van der Waals surface area (Å²) in [5, 5.41) is 5.88. The molecule has 2 aromatic carbocycles. The number of alkyl halides is 1. The summed E-state index contributed by atoms with van der Waals surface area (Å²) >= 11 is 3.25. The molecule has 62 heavy (non-hydrogen) atoms. The average Bonchev–Trinajstić information content (AvgIpc) is 3.12. The first kappa shape index (κ1) is 55.8. The van der Waals surface area contributed by atoms with E-state index in [2.05, 4.69) is 36.0 Å². The van der Waals surface area contributed by atoms with Crippen molar-refractivity contribution in [3.8, 4) is 0 Å². The van der Waals surface area contributed by atoms with Crippen molar-refractivity contribution in [2.75, 3.05) is 25.0 Å². The van der Waals surface area contributed by atoms with Crippen LogP contribution >= 0.6 is 15.9 Å². The number of hydrogen-bond acceptors (Lipinski definition) is 12. The van der Waals surface area contributed by atoms with E-state index < -0.39 is 78.9 Å². The van der Waals surface area contributed by atoms with Crippen LogP contribution in [0.1, 0.15) is 101 Å². The molecule has 352 valence electrons. The molecule has 0 saturated heterocycles. The predicted molar refractivity (Wildman–Crippen MR) is 241 cm³/mol. The summed E-state index contributed by atoms with van der Waals surface area (Å²) in [5.74, 6) is 0. The van der Waals surface area contributed by atoms with Gasteiger partial charge in [0, 0.05) is 25.0 Å². The molecule has 2 rings (SSSR count). The van der Waals surface area contributed by atoms with Gasteiger partial charge in [0.15, 0.2) is 0 Å². The Morgan fingerprint density at radius 2 is 1.02 bits per heavy atom. The fourth-order valence-corrected chi connectivity index (χ4v) is 6.85. The molecular weight excluding hydrogens is 913 g/mol. The van der Waals surface area contributed by atoms with Gasteiger partial charge in [-0.05, 0) is 69.9 Å². The third-order valence-electron chi connectivity index (χ3n) is 8.04. The van der Waals surface area contributed by atoms with Crippen LogP contribution in [0.4, 0.5) is 19.2 Å². The van der Waals surface area contributed by atoms with Gasteiger partial charge in [-0.15, -0.1) is 0 Å². The standard InChI is InChI=1S/C22H36BrN3O6S.C19H31N3O6S/c1-21(2,3)18(25-19(27)32-22(4,5)6)15-24-33(29,30)26(14-10-13-23)20(28)31-16-17-11-8-7-9-12-17;1-18(2,3)15(21-16(23)28-19(4,5)6)12-20-29(25,26)22-17(24)27-13-14-10-8-7-9-11-14/h7-9,11-12,18,24H,10,13-16H2,1-6H3,(H,25,27);7-11,15,20H,12-13H2,1-6H3,(H,21,23)(H,22,24)/t18-;15-/m11/s1. The number of carbonyl (C=O) groups excluding carboxylic acids is 4. The van der Waals surface area contributed by atoms with Gasteiger partial charge in [0.05, 0.1) is 12.1 Å². The Morgan fingerprint density at radius 3 is 1.40 bits per heavy atom. The lowest BCUT2D eigenvalue weighted by Crippen LogP contribution is -2.54. The Balaban J connectivity index is 0.000000625. The van der Waals surface area contributed by atoms with E-state index in [1.54, 1.807) is 94.8 Å². The van der Waals surface area contributed by atoms with Crippen LogP contribution in [0.15, 0.2) is 60.7 Å². The number of alkyl carbamates (subject to hydrolysis) is 2. The third kappa shape index (κ3) is 24.5. The summed E-state index contributed by atoms with van der Waals surface area (Å²) in [6.07, 6.45) is -2.99. The topological polar surface area (TPSA) is 237 Å². The lowest BCUT2D eigenvalue weighted by atomic mass is 9.87. The molecule has 0 saturated carbocycles. The van der Waals surface area contributed by atoms with Crippen molar-refractivity contribution >= 4 is 60.7 Å². The monoisotopic (exact) mass is 978 g/mol. The summed E-state index contributed by atoms with van der Waals surface area (Å²) < 4.78 is 78.0. The zero-order valence-corrected chi connectivity index (χ0v) is 41.1. The van der Waals surface area contributed by atoms with Gasteiger partial charge >= 0.3 is 44.8 Å². The van der Waals surface area contributed by atoms with Gasteiger partial charge in [0.2, 0.25) is 0 Å². The number of hydrogen-bond donors (Lipinski definition) is 5. The van der Waals surface area contributed by atoms with E-state index in [1.165, 1.54) is 0 Å². The van der Waals surface area contributed by atoms with Crippen molar-refractivity contribution in [3.63, 3.8) is 0 Å². The lowest BCUT2D eigenvalue weighted by Gasteiger charge is -2.33. The Hall–Kier alpha value is -4.18. The van der Waals surface area contributed by atoms with Gasteiger partial charge in [0.1, 0.15) is 24.4 Å². The summed E-state index contributed by atoms with van der Waals surface area (Å²) in [6, 6.07) is 16.7. The van der Waals surface area contributed by atoms with Crippen LogP contribution in [0.3, 0.4) is 0 Å². The average molecular weight is 980 g/mol. The first-order valence-corrected chi connectivity index (χ1v) is 23.9. The number of carbonyl (C=O) groups is 4. The minimum atomic E-state index is -4.23. The fourth-order valence-electron chi connectivity index (χ4n) is 4.71. The van der Waals surface area contributed by atoms with Gasteiger partial charge in [-0.2, -0.15) is 30.6 Å². The largest absolute Gasteiger partial charge is 0.444 e. The molecule has 0 spiro atoms. The molecule has 0 fully saturated rings. The van der Waals surface area contributed by atoms with Crippen LogP contribution < -0.4 is 24.8 Å². The maximum Gasteiger partial charge on any atom is 0.424 e. The van der Waals surface area contributed by atoms with Gasteiger partial charge in [-0.25, -0.2) is 23.9 Å². The molecular formula is C41H67BrN6O12S2. The second-order valence-corrected chi connectivity index (χ2v) is 22.1. The van der Waals surface area contributed by atoms with Crippen molar-refractivity contribution in [2.24, 2.45) is 10.8 Å². The molecule has 0 aliphatic carbocycles. The lowest BCUT2D eigenvalue weighted by molar-refractivity contribution is 0.0456. The van der Waals surface area contributed by atoms with Gasteiger partial charge < -0.3 is 29.6 Å². The molecule has 0 aliphatic rings. The van der Waals surface area contributed by atoms with Crippen molar-refractivity contribution in [1.29, 1.82) is 0 Å². The van der Waals surface area contributed by atoms with Crippen LogP contribution in [-0.2, 0) is 52.6 Å². The molecule has 0 heterocycles. The minimum Gasteiger partial charge on any atom is -0.444 e. The number of amides is 4. The molecule has 2 atom stereocenters. The number of nitrogens with one attached hydrogen (secondary N) is 5. The third-order valence-corrected chi connectivity index (χ3v) is 11.0. The van der Waals surface area contributed by atoms with Crippen LogP contribution in [0.5, 0.6) is 0 Å². The van der Waals surface area contributed by atoms with E-state index in [0.717, 1.165) is 11.1 Å². The normalized spacial score (nSPS) is 13.2. The summed E-state index contributed by atoms with van der Waals surface area (Å²) in [7, 11) is -8.41. The highest BCUT2D eigenvalue weighted by molar-refractivity contribution is 9.09. The van der Waals surface area contributed by atoms with Crippen molar-refractivity contribution in [2.45, 2.75) is 126 Å². The Bertz CT molecular complexity index is 1930. The van der Waals surface area contributed by atoms with Crippen LogP contribution in [-0.4, -0.2) is 93.8 Å². The molecule has 5 N–H and O–H groups in total. The molecule has 0 bridgehead atoms. The van der Waals surface area contributed by atoms with Gasteiger partial charge in [0.25, 0.3) is 0 Å². The van der Waals surface area contributed by atoms with Crippen LogP contribution in [0.2, 0.25) is 0 Å². The first-order chi connectivity index (χ1) is 28.3. The quantitative estimate of drug-likeness (QED) is 0.0807. The number of benzene rings is 2. The van der Waals surface area contributed by atoms with E-state index in [4.69, 9.17) is 18.9 Å². The first-order valence-electron chi connectivity index (χ1n) is 19.8. The van der Waals surface area contributed by atoms with Gasteiger partial charge in [-0.1, -0.05) is 118 Å². The van der Waals surface area contributed by atoms with Crippen molar-refractivity contribution in [3.05, 3.63) is 71.8 Å². The molecule has 2 aromatic rings. The maximum absolute atomic E-state index is 13.0. The summed E-state index contributed by atoms with van der Waals surface area (Å²) in [5.41, 5.74) is -0.883. The van der Waals surface area contributed by atoms with Crippen molar-refractivity contribution in [1.82, 2.24) is 29.1 Å². The van der Waals surface area contributed by atoms with Gasteiger partial charge in [-0.3, -0.25) is 0 Å². The number of halogens is 1. The van der Waals surface area contributed by atoms with E-state index in [9.17, 15) is 36.0 Å². The fraction of sp³-hybridized carbons (Fsp3) is 0.610. The van der Waals surface area contributed by atoms with E-state index in [-0.39, 0.29) is 32.8 Å². The Kier molecular flexibility index (Phi) is 22.2. The smallest absolute Gasteiger partial charge is 0.424 e. The van der Waals surface area contributed by atoms with E-state index in [0.29, 0.717) is 16.1 Å². The highest BCUT2D eigenvalue weighted by Crippen LogP contribution is 2.21. The number of nitrogens with zero attached hydrogens (tertiary/aromatic N) is 1. The van der Waals surface area contributed by atoms with Crippen LogP contribution in [0, 0.1) is 10.8 Å². The summed E-state index contributed by atoms with van der Waals surface area (Å²) in [4.78, 5) is 48.7. The van der Waals surface area contributed by atoms with Crippen molar-refractivity contribution < 1.29 is 55.0 Å². The summed E-state index contributed by atoms with van der Waals surface area (Å²) in [6.45, 7) is 21.0. The molecule has 21 heteroatoms. The second kappa shape index (κ2) is 24.6. The second-order valence-electron chi connectivity index (χ2n) is 18.2. The van der Waals surface area contributed by atoms with E-state index >= 15 is 0 Å². The molecule has 4 amide bonds. The number of ether oxygens (including phenoxy) is 4. The molecule has 0 unspecified atom stereocenters. The zero-order valence-electron chi connectivity index (χ0n) is 37.9. The Morgan fingerprint density at radius 1 is 0.613 bits per heavy atom. The molecule has 0 aromatic heterocycles. The highest BCUT2D eigenvalue weighted by Gasteiger charge is 2.34.